The molecule has 8 nitrogen and oxygen atoms in total. The lowest BCUT2D eigenvalue weighted by molar-refractivity contribution is -0.120. The Morgan fingerprint density at radius 1 is 1.26 bits per heavy atom. The molecule has 0 atom stereocenters. The van der Waals surface area contributed by atoms with Crippen molar-refractivity contribution in [2.45, 2.75) is 17.7 Å². The van der Waals surface area contributed by atoms with Crippen LogP contribution in [0.25, 0.3) is 10.2 Å². The van der Waals surface area contributed by atoms with Gasteiger partial charge < -0.3 is 5.32 Å². The monoisotopic (exact) mass is 405 g/mol. The Morgan fingerprint density at radius 2 is 2.00 bits per heavy atom. The zero-order valence-corrected chi connectivity index (χ0v) is 16.3. The number of aromatic nitrogens is 3. The first kappa shape index (κ1) is 18.1. The fourth-order valence-electron chi connectivity index (χ4n) is 3.17. The lowest BCUT2D eigenvalue weighted by Crippen LogP contribution is -2.41. The van der Waals surface area contributed by atoms with Crippen LogP contribution in [-0.4, -0.2) is 46.5 Å². The summed E-state index contributed by atoms with van der Waals surface area (Å²) in [6.45, 7) is 0.629. The van der Waals surface area contributed by atoms with Gasteiger partial charge in [-0.2, -0.15) is 9.40 Å². The van der Waals surface area contributed by atoms with Gasteiger partial charge in [0, 0.05) is 32.3 Å². The molecule has 0 unspecified atom stereocenters. The van der Waals surface area contributed by atoms with E-state index in [2.05, 4.69) is 15.4 Å². The first-order chi connectivity index (χ1) is 12.9. The van der Waals surface area contributed by atoms with E-state index in [0.717, 1.165) is 10.2 Å². The average molecular weight is 406 g/mol. The Balaban J connectivity index is 1.39. The zero-order chi connectivity index (χ0) is 19.0. The third-order valence-corrected chi connectivity index (χ3v) is 7.47. The number of para-hydroxylation sites is 1. The average Bonchev–Trinajstić information content (AvgIpc) is 3.27. The first-order valence-corrected chi connectivity index (χ1v) is 10.8. The first-order valence-electron chi connectivity index (χ1n) is 8.59. The van der Waals surface area contributed by atoms with Crippen molar-refractivity contribution >= 4 is 42.6 Å². The van der Waals surface area contributed by atoms with E-state index < -0.39 is 10.0 Å². The van der Waals surface area contributed by atoms with Crippen LogP contribution in [0.1, 0.15) is 12.8 Å². The number of rotatable bonds is 4. The van der Waals surface area contributed by atoms with Gasteiger partial charge in [-0.05, 0) is 25.0 Å². The summed E-state index contributed by atoms with van der Waals surface area (Å²) in [5.41, 5.74) is 0.857. The standard InChI is InChI=1S/C17H19N5O3S2/c1-21-11-13(10-18-21)27(24,25)22-8-6-12(7-9-22)16(23)20-17-19-14-4-2-3-5-15(14)26-17/h2-5,10-12H,6-9H2,1H3,(H,19,20,23). The van der Waals surface area contributed by atoms with Crippen LogP contribution in [0.4, 0.5) is 5.13 Å². The molecule has 1 amide bonds. The van der Waals surface area contributed by atoms with Crippen molar-refractivity contribution < 1.29 is 13.2 Å². The fourth-order valence-corrected chi connectivity index (χ4v) is 5.50. The number of benzene rings is 1. The minimum absolute atomic E-state index is 0.104. The van der Waals surface area contributed by atoms with E-state index in [0.29, 0.717) is 31.1 Å². The maximum absolute atomic E-state index is 12.6. The smallest absolute Gasteiger partial charge is 0.246 e. The van der Waals surface area contributed by atoms with Gasteiger partial charge >= 0.3 is 0 Å². The lowest BCUT2D eigenvalue weighted by atomic mass is 9.97. The van der Waals surface area contributed by atoms with E-state index >= 15 is 0 Å². The molecule has 4 rings (SSSR count). The largest absolute Gasteiger partial charge is 0.302 e. The highest BCUT2D eigenvalue weighted by molar-refractivity contribution is 7.89. The zero-order valence-electron chi connectivity index (χ0n) is 14.7. The summed E-state index contributed by atoms with van der Waals surface area (Å²) >= 11 is 1.44. The summed E-state index contributed by atoms with van der Waals surface area (Å²) in [5, 5.41) is 7.38. The molecule has 0 aliphatic carbocycles. The van der Waals surface area contributed by atoms with Crippen LogP contribution < -0.4 is 5.32 Å². The van der Waals surface area contributed by atoms with Gasteiger partial charge in [0.15, 0.2) is 5.13 Å². The normalized spacial score (nSPS) is 16.6. The number of nitrogens with one attached hydrogen (secondary N) is 1. The van der Waals surface area contributed by atoms with E-state index in [-0.39, 0.29) is 16.7 Å². The van der Waals surface area contributed by atoms with Crippen LogP contribution in [0.2, 0.25) is 0 Å². The minimum Gasteiger partial charge on any atom is -0.302 e. The van der Waals surface area contributed by atoms with E-state index in [1.165, 1.54) is 32.7 Å². The van der Waals surface area contributed by atoms with Gasteiger partial charge in [-0.1, -0.05) is 23.5 Å². The van der Waals surface area contributed by atoms with E-state index in [1.54, 1.807) is 7.05 Å². The Bertz CT molecular complexity index is 1050. The van der Waals surface area contributed by atoms with Crippen LogP contribution in [0.5, 0.6) is 0 Å². The quantitative estimate of drug-likeness (QED) is 0.717. The Hall–Kier alpha value is -2.30. The molecule has 1 aliphatic rings. The second-order valence-corrected chi connectivity index (χ2v) is 9.47. The molecular formula is C17H19N5O3S2. The van der Waals surface area contributed by atoms with E-state index in [9.17, 15) is 13.2 Å². The summed E-state index contributed by atoms with van der Waals surface area (Å²) in [6.07, 6.45) is 3.80. The molecule has 1 aliphatic heterocycles. The Kier molecular flexibility index (Phi) is 4.70. The molecule has 142 valence electrons. The third-order valence-electron chi connectivity index (χ3n) is 4.67. The number of hydrogen-bond acceptors (Lipinski definition) is 6. The van der Waals surface area contributed by atoms with Gasteiger partial charge in [-0.15, -0.1) is 0 Å². The lowest BCUT2D eigenvalue weighted by Gasteiger charge is -2.29. The number of aryl methyl sites for hydroxylation is 1. The molecule has 1 N–H and O–H groups in total. The fraction of sp³-hybridized carbons (Fsp3) is 0.353. The van der Waals surface area contributed by atoms with Crippen molar-refractivity contribution in [2.75, 3.05) is 18.4 Å². The van der Waals surface area contributed by atoms with Gasteiger partial charge in [0.05, 0.1) is 16.4 Å². The molecule has 27 heavy (non-hydrogen) atoms. The van der Waals surface area contributed by atoms with E-state index in [1.807, 2.05) is 24.3 Å². The number of nitrogens with zero attached hydrogens (tertiary/aromatic N) is 4. The van der Waals surface area contributed by atoms with Crippen molar-refractivity contribution in [1.82, 2.24) is 19.1 Å². The maximum atomic E-state index is 12.6. The summed E-state index contributed by atoms with van der Waals surface area (Å²) in [6, 6.07) is 7.71. The van der Waals surface area contributed by atoms with Crippen LogP contribution >= 0.6 is 11.3 Å². The highest BCUT2D eigenvalue weighted by Crippen LogP contribution is 2.28. The molecule has 10 heteroatoms. The van der Waals surface area contributed by atoms with Gasteiger partial charge in [0.1, 0.15) is 4.90 Å². The Labute approximate surface area is 160 Å². The minimum atomic E-state index is -3.56. The molecule has 3 heterocycles. The van der Waals surface area contributed by atoms with Crippen LogP contribution in [0.15, 0.2) is 41.6 Å². The molecular weight excluding hydrogens is 386 g/mol. The summed E-state index contributed by atoms with van der Waals surface area (Å²) in [4.78, 5) is 17.1. The molecule has 1 fully saturated rings. The molecule has 0 saturated carbocycles. The van der Waals surface area contributed by atoms with Gasteiger partial charge in [0.2, 0.25) is 15.9 Å². The number of carbonyl (C=O) groups excluding carboxylic acids is 1. The molecule has 1 saturated heterocycles. The topological polar surface area (TPSA) is 97.2 Å². The summed E-state index contributed by atoms with van der Waals surface area (Å²) < 4.78 is 29.2. The predicted molar refractivity (Wildman–Crippen MR) is 103 cm³/mol. The predicted octanol–water partition coefficient (Wildman–Crippen LogP) is 2.07. The van der Waals surface area contributed by atoms with Crippen LogP contribution in [0, 0.1) is 5.92 Å². The molecule has 2 aromatic heterocycles. The number of hydrogen-bond donors (Lipinski definition) is 1. The molecule has 1 aromatic carbocycles. The number of sulfonamides is 1. The number of carbonyl (C=O) groups is 1. The second kappa shape index (κ2) is 7.02. The van der Waals surface area contributed by atoms with Crippen LogP contribution in [0.3, 0.4) is 0 Å². The number of amides is 1. The molecule has 0 bridgehead atoms. The SMILES string of the molecule is Cn1cc(S(=O)(=O)N2CCC(C(=O)Nc3nc4ccccc4s3)CC2)cn1. The van der Waals surface area contributed by atoms with Gasteiger partial charge in [0.25, 0.3) is 0 Å². The highest BCUT2D eigenvalue weighted by Gasteiger charge is 2.33. The van der Waals surface area contributed by atoms with Crippen molar-refractivity contribution in [3.8, 4) is 0 Å². The van der Waals surface area contributed by atoms with Crippen molar-refractivity contribution in [1.29, 1.82) is 0 Å². The number of anilines is 1. The van der Waals surface area contributed by atoms with Gasteiger partial charge in [-0.25, -0.2) is 13.4 Å². The van der Waals surface area contributed by atoms with Crippen LogP contribution in [-0.2, 0) is 21.9 Å². The molecule has 0 spiro atoms. The van der Waals surface area contributed by atoms with Crippen molar-refractivity contribution in [3.63, 3.8) is 0 Å². The highest BCUT2D eigenvalue weighted by atomic mass is 32.2. The Morgan fingerprint density at radius 3 is 2.67 bits per heavy atom. The molecule has 3 aromatic rings. The number of thiazole rings is 1. The summed E-state index contributed by atoms with van der Waals surface area (Å²) in [7, 11) is -1.88. The van der Waals surface area contributed by atoms with Crippen molar-refractivity contribution in [3.05, 3.63) is 36.7 Å². The molecule has 0 radical (unpaired) electrons. The number of fused-ring (bicyclic) bond motifs is 1. The summed E-state index contributed by atoms with van der Waals surface area (Å²) in [5.74, 6) is -0.329. The van der Waals surface area contributed by atoms with Gasteiger partial charge in [-0.3, -0.25) is 9.48 Å². The van der Waals surface area contributed by atoms with Crippen molar-refractivity contribution in [2.24, 2.45) is 13.0 Å². The number of piperidine rings is 1. The van der Waals surface area contributed by atoms with E-state index in [4.69, 9.17) is 0 Å². The second-order valence-electron chi connectivity index (χ2n) is 6.50. The maximum Gasteiger partial charge on any atom is 0.246 e. The third kappa shape index (κ3) is 3.60.